The first-order valence-electron chi connectivity index (χ1n) is 13.7. The third-order valence-electron chi connectivity index (χ3n) is 8.01. The molecular weight excluding hydrogens is 521 g/mol. The summed E-state index contributed by atoms with van der Waals surface area (Å²) < 4.78 is 4.31. The minimum absolute atomic E-state index is 0.520. The monoisotopic (exact) mass is 545 g/mol. The van der Waals surface area contributed by atoms with Gasteiger partial charge in [0, 0.05) is 42.1 Å². The van der Waals surface area contributed by atoms with Gasteiger partial charge in [-0.15, -0.1) is 11.3 Å². The van der Waals surface area contributed by atoms with Crippen molar-refractivity contribution in [2.24, 2.45) is 0 Å². The Morgan fingerprint density at radius 1 is 0.488 bits per heavy atom. The molecule has 41 heavy (non-hydrogen) atoms. The highest BCUT2D eigenvalue weighted by molar-refractivity contribution is 7.27. The molecule has 0 aliphatic heterocycles. The van der Waals surface area contributed by atoms with Gasteiger partial charge in [-0.3, -0.25) is 0 Å². The number of nitrogens with zero attached hydrogens (tertiary/aromatic N) is 1. The fraction of sp³-hybridized carbons (Fsp3) is 0. The molecule has 3 nitrogen and oxygen atoms in total. The van der Waals surface area contributed by atoms with Crippen LogP contribution in [0.25, 0.3) is 69.9 Å². The first-order chi connectivity index (χ1) is 20.2. The van der Waals surface area contributed by atoms with Gasteiger partial charge in [0.2, 0.25) is 0 Å². The average Bonchev–Trinajstić information content (AvgIpc) is 3.56. The minimum atomic E-state index is -1.58. The molecule has 2 heterocycles. The first-order valence-corrected chi connectivity index (χ1v) is 14.5. The topological polar surface area (TPSA) is 45.4 Å². The number of hydrogen-bond acceptors (Lipinski definition) is 3. The zero-order valence-electron chi connectivity index (χ0n) is 22.0. The summed E-state index contributed by atoms with van der Waals surface area (Å²) in [5.41, 5.74) is 8.15. The van der Waals surface area contributed by atoms with Gasteiger partial charge in [0.1, 0.15) is 0 Å². The van der Waals surface area contributed by atoms with Gasteiger partial charge in [0.05, 0.1) is 11.0 Å². The normalized spacial score (nSPS) is 11.7. The highest BCUT2D eigenvalue weighted by Crippen LogP contribution is 2.39. The molecule has 0 atom stereocenters. The van der Waals surface area contributed by atoms with Gasteiger partial charge >= 0.3 is 7.12 Å². The van der Waals surface area contributed by atoms with Crippen LogP contribution in [0.2, 0.25) is 0 Å². The fourth-order valence-corrected chi connectivity index (χ4v) is 7.29. The fourth-order valence-electron chi connectivity index (χ4n) is 6.08. The molecular formula is C36H24BNO2S. The summed E-state index contributed by atoms with van der Waals surface area (Å²) in [5, 5.41) is 25.5. The van der Waals surface area contributed by atoms with E-state index in [1.54, 1.807) is 11.3 Å². The van der Waals surface area contributed by atoms with Crippen molar-refractivity contribution in [3.8, 4) is 27.9 Å². The van der Waals surface area contributed by atoms with Crippen LogP contribution in [0.3, 0.4) is 0 Å². The van der Waals surface area contributed by atoms with Gasteiger partial charge in [0.25, 0.3) is 0 Å². The maximum Gasteiger partial charge on any atom is 0.489 e. The number of thiophene rings is 1. The predicted molar refractivity (Wildman–Crippen MR) is 174 cm³/mol. The Balaban J connectivity index is 1.49. The molecule has 194 valence electrons. The van der Waals surface area contributed by atoms with Crippen molar-refractivity contribution >= 4 is 65.9 Å². The van der Waals surface area contributed by atoms with E-state index in [-0.39, 0.29) is 0 Å². The second-order valence-electron chi connectivity index (χ2n) is 10.4. The Kier molecular flexibility index (Phi) is 5.57. The van der Waals surface area contributed by atoms with Crippen LogP contribution >= 0.6 is 11.3 Å². The third kappa shape index (κ3) is 3.90. The quantitative estimate of drug-likeness (QED) is 0.219. The maximum atomic E-state index is 10.5. The predicted octanol–water partition coefficient (Wildman–Crippen LogP) is 8.17. The number of rotatable bonds is 4. The molecule has 8 aromatic rings. The van der Waals surface area contributed by atoms with E-state index in [9.17, 15) is 10.0 Å². The highest BCUT2D eigenvalue weighted by atomic mass is 32.1. The summed E-state index contributed by atoms with van der Waals surface area (Å²) in [6, 6.07) is 46.5. The summed E-state index contributed by atoms with van der Waals surface area (Å²) in [7, 11) is -1.58. The zero-order valence-corrected chi connectivity index (χ0v) is 22.8. The van der Waals surface area contributed by atoms with Crippen LogP contribution in [0.4, 0.5) is 0 Å². The number of aromatic nitrogens is 1. The molecule has 8 rings (SSSR count). The molecule has 0 bridgehead atoms. The Hall–Kier alpha value is -4.68. The molecule has 0 saturated carbocycles. The summed E-state index contributed by atoms with van der Waals surface area (Å²) in [6.45, 7) is 0. The van der Waals surface area contributed by atoms with E-state index in [1.807, 2.05) is 30.3 Å². The van der Waals surface area contributed by atoms with Crippen molar-refractivity contribution in [3.05, 3.63) is 133 Å². The van der Waals surface area contributed by atoms with Gasteiger partial charge in [-0.2, -0.15) is 0 Å². The lowest BCUT2D eigenvalue weighted by atomic mass is 9.79. The van der Waals surface area contributed by atoms with Gasteiger partial charge in [-0.05, 0) is 52.6 Å². The van der Waals surface area contributed by atoms with Crippen molar-refractivity contribution in [1.82, 2.24) is 4.57 Å². The van der Waals surface area contributed by atoms with E-state index in [1.165, 1.54) is 0 Å². The molecule has 2 N–H and O–H groups in total. The minimum Gasteiger partial charge on any atom is -0.423 e. The van der Waals surface area contributed by atoms with Crippen LogP contribution in [0.1, 0.15) is 0 Å². The molecule has 0 spiro atoms. The van der Waals surface area contributed by atoms with Crippen molar-refractivity contribution in [3.63, 3.8) is 0 Å². The van der Waals surface area contributed by atoms with Crippen LogP contribution in [0, 0.1) is 0 Å². The Morgan fingerprint density at radius 2 is 1.05 bits per heavy atom. The lowest BCUT2D eigenvalue weighted by Crippen LogP contribution is -2.30. The van der Waals surface area contributed by atoms with Gasteiger partial charge in [0.15, 0.2) is 0 Å². The summed E-state index contributed by atoms with van der Waals surface area (Å²) in [6.07, 6.45) is 0. The second kappa shape index (κ2) is 9.46. The zero-order chi connectivity index (χ0) is 27.5. The van der Waals surface area contributed by atoms with Crippen LogP contribution in [0.15, 0.2) is 133 Å². The smallest absolute Gasteiger partial charge is 0.423 e. The van der Waals surface area contributed by atoms with Crippen molar-refractivity contribution in [2.45, 2.75) is 0 Å². The average molecular weight is 545 g/mol. The molecule has 0 fully saturated rings. The van der Waals surface area contributed by atoms with Gasteiger partial charge in [-0.25, -0.2) is 0 Å². The molecule has 0 unspecified atom stereocenters. The lowest BCUT2D eigenvalue weighted by molar-refractivity contribution is 0.426. The van der Waals surface area contributed by atoms with Gasteiger partial charge in [-0.1, -0.05) is 103 Å². The molecule has 6 aromatic carbocycles. The standard InChI is InChI=1S/C36H24BNO2S/c39-37(40)32-22-27(21-31-30-13-7-8-14-35(30)41-36(31)32)38-33-19-25(23-9-3-1-4-10-23)15-17-28(33)29-18-16-26(20-34(29)38)24-11-5-2-6-12-24/h1-22,39-40H. The van der Waals surface area contributed by atoms with E-state index in [2.05, 4.69) is 108 Å². The molecule has 0 aliphatic carbocycles. The van der Waals surface area contributed by atoms with Gasteiger partial charge < -0.3 is 14.6 Å². The Morgan fingerprint density at radius 3 is 1.63 bits per heavy atom. The van der Waals surface area contributed by atoms with E-state index in [4.69, 9.17) is 0 Å². The van der Waals surface area contributed by atoms with Crippen LogP contribution in [-0.4, -0.2) is 21.7 Å². The van der Waals surface area contributed by atoms with Crippen LogP contribution in [-0.2, 0) is 0 Å². The molecule has 5 heteroatoms. The van der Waals surface area contributed by atoms with Crippen LogP contribution in [0.5, 0.6) is 0 Å². The van der Waals surface area contributed by atoms with E-state index < -0.39 is 7.12 Å². The third-order valence-corrected chi connectivity index (χ3v) is 9.25. The van der Waals surface area contributed by atoms with Crippen molar-refractivity contribution in [2.75, 3.05) is 0 Å². The molecule has 0 saturated heterocycles. The van der Waals surface area contributed by atoms with Crippen molar-refractivity contribution < 1.29 is 10.0 Å². The maximum absolute atomic E-state index is 10.5. The summed E-state index contributed by atoms with van der Waals surface area (Å²) in [4.78, 5) is 0. The summed E-state index contributed by atoms with van der Waals surface area (Å²) in [5.74, 6) is 0. The van der Waals surface area contributed by atoms with Crippen LogP contribution < -0.4 is 5.46 Å². The van der Waals surface area contributed by atoms with Crippen molar-refractivity contribution in [1.29, 1.82) is 0 Å². The Labute approximate surface area is 241 Å². The molecule has 0 radical (unpaired) electrons. The molecule has 0 aliphatic rings. The number of fused-ring (bicyclic) bond motifs is 6. The number of benzene rings is 6. The lowest BCUT2D eigenvalue weighted by Gasteiger charge is -2.13. The second-order valence-corrected chi connectivity index (χ2v) is 11.5. The molecule has 2 aromatic heterocycles. The first kappa shape index (κ1) is 24.1. The summed E-state index contributed by atoms with van der Waals surface area (Å²) >= 11 is 1.60. The highest BCUT2D eigenvalue weighted by Gasteiger charge is 2.22. The molecule has 0 amide bonds. The SMILES string of the molecule is OB(O)c1cc(-n2c3cc(-c4ccccc4)ccc3c3ccc(-c4ccccc4)cc32)cc2c1sc1ccccc12. The largest absolute Gasteiger partial charge is 0.489 e. The Bertz CT molecular complexity index is 2140. The van der Waals surface area contributed by atoms with E-state index >= 15 is 0 Å². The van der Waals surface area contributed by atoms with E-state index in [0.717, 1.165) is 69.9 Å². The van der Waals surface area contributed by atoms with E-state index in [0.29, 0.717) is 5.46 Å². The number of hydrogen-bond donors (Lipinski definition) is 2.